The van der Waals surface area contributed by atoms with Crippen LogP contribution in [0.2, 0.25) is 0 Å². The van der Waals surface area contributed by atoms with E-state index in [1.165, 1.54) is 14.2 Å². The molecule has 0 bridgehead atoms. The monoisotopic (exact) mass is 457 g/mol. The van der Waals surface area contributed by atoms with E-state index in [0.717, 1.165) is 15.5 Å². The molecule has 5 rings (SSSR count). The van der Waals surface area contributed by atoms with E-state index in [4.69, 9.17) is 13.9 Å². The number of aromatic nitrogens is 2. The minimum absolute atomic E-state index is 0.0493. The van der Waals surface area contributed by atoms with Gasteiger partial charge in [-0.2, -0.15) is 5.10 Å². The van der Waals surface area contributed by atoms with Crippen LogP contribution >= 0.6 is 0 Å². The molecule has 5 aromatic rings. The van der Waals surface area contributed by atoms with Crippen molar-refractivity contribution in [3.63, 3.8) is 0 Å². The Bertz CT molecular complexity index is 1650. The van der Waals surface area contributed by atoms with Crippen LogP contribution in [0.25, 0.3) is 32.7 Å². The fraction of sp³-hybridized carbons (Fsp3) is 0.120. The van der Waals surface area contributed by atoms with Crippen molar-refractivity contribution in [3.05, 3.63) is 76.7 Å². The molecule has 34 heavy (non-hydrogen) atoms. The van der Waals surface area contributed by atoms with Crippen LogP contribution in [0.1, 0.15) is 10.5 Å². The van der Waals surface area contributed by atoms with Crippen LogP contribution < -0.4 is 15.6 Å². The van der Waals surface area contributed by atoms with Gasteiger partial charge in [0.1, 0.15) is 16.9 Å². The third-order valence-corrected chi connectivity index (χ3v) is 5.46. The number of hydrogen-bond acceptors (Lipinski definition) is 7. The Balaban J connectivity index is 1.36. The minimum Gasteiger partial charge on any atom is -0.495 e. The van der Waals surface area contributed by atoms with Crippen molar-refractivity contribution < 1.29 is 23.5 Å². The lowest BCUT2D eigenvalue weighted by Gasteiger charge is -2.11. The van der Waals surface area contributed by atoms with Crippen molar-refractivity contribution >= 4 is 50.3 Å². The number of nitrogens with one attached hydrogen (secondary N) is 1. The van der Waals surface area contributed by atoms with E-state index in [1.54, 1.807) is 36.4 Å². The summed E-state index contributed by atoms with van der Waals surface area (Å²) in [6.45, 7) is -0.557. The molecule has 0 fully saturated rings. The number of rotatable bonds is 5. The Morgan fingerprint density at radius 3 is 2.44 bits per heavy atom. The summed E-state index contributed by atoms with van der Waals surface area (Å²) >= 11 is 0. The van der Waals surface area contributed by atoms with Crippen LogP contribution in [0.15, 0.2) is 69.9 Å². The molecular formula is C25H19N3O6. The van der Waals surface area contributed by atoms with Gasteiger partial charge < -0.3 is 19.2 Å². The van der Waals surface area contributed by atoms with Gasteiger partial charge in [0.2, 0.25) is 0 Å². The Morgan fingerprint density at radius 2 is 1.68 bits per heavy atom. The highest BCUT2D eigenvalue weighted by Gasteiger charge is 2.19. The van der Waals surface area contributed by atoms with Crippen molar-refractivity contribution in [2.75, 3.05) is 19.0 Å². The fourth-order valence-electron chi connectivity index (χ4n) is 3.85. The molecule has 1 amide bonds. The summed E-state index contributed by atoms with van der Waals surface area (Å²) in [7, 11) is 2.94. The number of anilines is 1. The van der Waals surface area contributed by atoms with Gasteiger partial charge in [-0.3, -0.25) is 9.59 Å². The summed E-state index contributed by atoms with van der Waals surface area (Å²) in [5.74, 6) is -0.956. The van der Waals surface area contributed by atoms with Gasteiger partial charge in [-0.1, -0.05) is 36.4 Å². The number of aryl methyl sites for hydroxylation is 1. The van der Waals surface area contributed by atoms with E-state index in [1.807, 2.05) is 24.3 Å². The van der Waals surface area contributed by atoms with E-state index in [2.05, 4.69) is 10.4 Å². The van der Waals surface area contributed by atoms with Crippen molar-refractivity contribution in [1.29, 1.82) is 0 Å². The van der Waals surface area contributed by atoms with E-state index in [0.29, 0.717) is 33.4 Å². The molecule has 0 saturated carbocycles. The van der Waals surface area contributed by atoms with Crippen LogP contribution in [0.5, 0.6) is 5.75 Å². The molecule has 9 nitrogen and oxygen atoms in total. The standard InChI is InChI=1S/C25H19N3O6/c1-28-24(30)16-9-4-3-8-15(16)23(27-28)25(31)33-13-22(29)26-18-12-20-17(11-21(18)32-2)14-7-5-6-10-19(14)34-20/h3-12H,13H2,1-2H3,(H,26,29). The highest BCUT2D eigenvalue weighted by Crippen LogP contribution is 2.36. The summed E-state index contributed by atoms with van der Waals surface area (Å²) in [4.78, 5) is 37.5. The van der Waals surface area contributed by atoms with Crippen LogP contribution in [0.4, 0.5) is 5.69 Å². The predicted molar refractivity (Wildman–Crippen MR) is 126 cm³/mol. The van der Waals surface area contributed by atoms with E-state index >= 15 is 0 Å². The molecule has 0 aliphatic heterocycles. The number of carbonyl (C=O) groups excluding carboxylic acids is 2. The molecular weight excluding hydrogens is 438 g/mol. The molecule has 0 unspecified atom stereocenters. The lowest BCUT2D eigenvalue weighted by molar-refractivity contribution is -0.119. The summed E-state index contributed by atoms with van der Waals surface area (Å²) in [6.07, 6.45) is 0. The lowest BCUT2D eigenvalue weighted by atomic mass is 10.1. The van der Waals surface area contributed by atoms with Gasteiger partial charge in [-0.05, 0) is 18.2 Å². The van der Waals surface area contributed by atoms with Crippen LogP contribution in [0, 0.1) is 0 Å². The average molecular weight is 457 g/mol. The average Bonchev–Trinajstić information content (AvgIpc) is 3.21. The topological polar surface area (TPSA) is 113 Å². The zero-order valence-corrected chi connectivity index (χ0v) is 18.3. The van der Waals surface area contributed by atoms with Gasteiger partial charge in [-0.15, -0.1) is 0 Å². The Kier molecular flexibility index (Phi) is 5.21. The summed E-state index contributed by atoms with van der Waals surface area (Å²) in [6, 6.07) is 17.6. The first kappa shape index (κ1) is 21.2. The molecule has 1 N–H and O–H groups in total. The Labute approximate surface area is 192 Å². The molecule has 0 aliphatic carbocycles. The number of para-hydroxylation sites is 1. The zero-order chi connectivity index (χ0) is 23.8. The molecule has 2 aromatic heterocycles. The van der Waals surface area contributed by atoms with Gasteiger partial charge in [0, 0.05) is 29.3 Å². The number of benzene rings is 3. The molecule has 170 valence electrons. The molecule has 0 atom stereocenters. The zero-order valence-electron chi connectivity index (χ0n) is 18.3. The third-order valence-electron chi connectivity index (χ3n) is 5.46. The summed E-state index contributed by atoms with van der Waals surface area (Å²) in [5.41, 5.74) is 1.29. The van der Waals surface area contributed by atoms with Crippen LogP contribution in [0.3, 0.4) is 0 Å². The fourth-order valence-corrected chi connectivity index (χ4v) is 3.85. The first-order chi connectivity index (χ1) is 16.5. The third kappa shape index (κ3) is 3.62. The molecule has 0 aliphatic rings. The number of furan rings is 1. The van der Waals surface area contributed by atoms with Crippen LogP contribution in [-0.4, -0.2) is 35.4 Å². The van der Waals surface area contributed by atoms with Gasteiger partial charge in [0.05, 0.1) is 18.2 Å². The van der Waals surface area contributed by atoms with E-state index in [-0.39, 0.29) is 11.3 Å². The number of fused-ring (bicyclic) bond motifs is 4. The number of ether oxygens (including phenoxy) is 2. The number of esters is 1. The number of hydrogen-bond donors (Lipinski definition) is 1. The van der Waals surface area contributed by atoms with Gasteiger partial charge in [0.25, 0.3) is 11.5 Å². The quantitative estimate of drug-likeness (QED) is 0.401. The van der Waals surface area contributed by atoms with Gasteiger partial charge in [-0.25, -0.2) is 9.48 Å². The summed E-state index contributed by atoms with van der Waals surface area (Å²) in [5, 5.41) is 9.17. The second-order valence-corrected chi connectivity index (χ2v) is 7.59. The number of methoxy groups -OCH3 is 1. The van der Waals surface area contributed by atoms with Crippen LogP contribution in [-0.2, 0) is 16.6 Å². The van der Waals surface area contributed by atoms with Crippen molar-refractivity contribution in [2.24, 2.45) is 7.05 Å². The predicted octanol–water partition coefficient (Wildman–Crippen LogP) is 3.64. The normalized spacial score (nSPS) is 11.1. The maximum Gasteiger partial charge on any atom is 0.359 e. The molecule has 0 radical (unpaired) electrons. The molecule has 9 heteroatoms. The van der Waals surface area contributed by atoms with E-state index < -0.39 is 18.5 Å². The number of carbonyl (C=O) groups is 2. The first-order valence-corrected chi connectivity index (χ1v) is 10.4. The number of amides is 1. The maximum atomic E-state index is 12.7. The molecule has 0 spiro atoms. The second-order valence-electron chi connectivity index (χ2n) is 7.59. The second kappa shape index (κ2) is 8.36. The largest absolute Gasteiger partial charge is 0.495 e. The number of nitrogens with zero attached hydrogens (tertiary/aromatic N) is 2. The summed E-state index contributed by atoms with van der Waals surface area (Å²) < 4.78 is 17.5. The van der Waals surface area contributed by atoms with Crippen molar-refractivity contribution in [2.45, 2.75) is 0 Å². The minimum atomic E-state index is -0.818. The lowest BCUT2D eigenvalue weighted by Crippen LogP contribution is -2.26. The smallest absolute Gasteiger partial charge is 0.359 e. The SMILES string of the molecule is COc1cc2c(cc1NC(=O)COC(=O)c1nn(C)c(=O)c3ccccc13)oc1ccccc12. The van der Waals surface area contributed by atoms with Crippen molar-refractivity contribution in [3.8, 4) is 5.75 Å². The Hall–Kier alpha value is -4.66. The molecule has 3 aromatic carbocycles. The van der Waals surface area contributed by atoms with E-state index in [9.17, 15) is 14.4 Å². The highest BCUT2D eigenvalue weighted by atomic mass is 16.5. The maximum absolute atomic E-state index is 12.7. The molecule has 2 heterocycles. The van der Waals surface area contributed by atoms with Crippen molar-refractivity contribution in [1.82, 2.24) is 9.78 Å². The Morgan fingerprint density at radius 1 is 0.971 bits per heavy atom. The highest BCUT2D eigenvalue weighted by molar-refractivity contribution is 6.08. The first-order valence-electron chi connectivity index (χ1n) is 10.4. The molecule has 0 saturated heterocycles. The van der Waals surface area contributed by atoms with Gasteiger partial charge in [0.15, 0.2) is 12.3 Å². The van der Waals surface area contributed by atoms with Gasteiger partial charge >= 0.3 is 5.97 Å².